The van der Waals surface area contributed by atoms with Crippen LogP contribution in [0.5, 0.6) is 0 Å². The predicted octanol–water partition coefficient (Wildman–Crippen LogP) is 4.49. The maximum atomic E-state index is 13.9. The number of nitrogens with zero attached hydrogens (tertiary/aromatic N) is 3. The molecule has 2 aromatic carbocycles. The number of fused-ring (bicyclic) bond motifs is 1. The Morgan fingerprint density at radius 1 is 1.03 bits per heavy atom. The third-order valence-electron chi connectivity index (χ3n) is 6.08. The number of halogens is 1. The van der Waals surface area contributed by atoms with Crippen molar-refractivity contribution >= 4 is 34.2 Å². The molecule has 8 nitrogen and oxygen atoms in total. The summed E-state index contributed by atoms with van der Waals surface area (Å²) >= 11 is 0. The van der Waals surface area contributed by atoms with Crippen LogP contribution in [0.15, 0.2) is 53.3 Å². The minimum Gasteiger partial charge on any atom is -0.326 e. The van der Waals surface area contributed by atoms with E-state index in [0.717, 1.165) is 16.6 Å². The van der Waals surface area contributed by atoms with Crippen LogP contribution in [0.4, 0.5) is 15.8 Å². The molecule has 0 radical (unpaired) electrons. The van der Waals surface area contributed by atoms with E-state index in [9.17, 15) is 18.8 Å². The van der Waals surface area contributed by atoms with Gasteiger partial charge in [-0.1, -0.05) is 6.07 Å². The van der Waals surface area contributed by atoms with E-state index in [4.69, 9.17) is 0 Å². The second-order valence-corrected chi connectivity index (χ2v) is 8.64. The van der Waals surface area contributed by atoms with E-state index >= 15 is 0 Å². The Labute approximate surface area is 207 Å². The predicted molar refractivity (Wildman–Crippen MR) is 138 cm³/mol. The number of aromatic nitrogens is 3. The molecule has 0 bridgehead atoms. The molecule has 0 unspecified atom stereocenters. The van der Waals surface area contributed by atoms with E-state index < -0.39 is 0 Å². The molecule has 2 heterocycles. The molecular formula is C27H28FN5O3. The number of aryl methyl sites for hydroxylation is 3. The van der Waals surface area contributed by atoms with Gasteiger partial charge in [-0.05, 0) is 75.2 Å². The zero-order valence-electron chi connectivity index (χ0n) is 20.7. The molecule has 0 aliphatic heterocycles. The van der Waals surface area contributed by atoms with Crippen LogP contribution in [0.1, 0.15) is 37.1 Å². The highest BCUT2D eigenvalue weighted by molar-refractivity contribution is 5.92. The first-order valence-electron chi connectivity index (χ1n) is 11.7. The summed E-state index contributed by atoms with van der Waals surface area (Å²) in [5.74, 6) is -0.784. The molecule has 0 saturated carbocycles. The van der Waals surface area contributed by atoms with E-state index in [0.29, 0.717) is 34.8 Å². The van der Waals surface area contributed by atoms with Crippen LogP contribution in [-0.2, 0) is 22.6 Å². The van der Waals surface area contributed by atoms with Gasteiger partial charge >= 0.3 is 0 Å². The molecule has 2 N–H and O–H groups in total. The van der Waals surface area contributed by atoms with Crippen molar-refractivity contribution in [1.82, 2.24) is 14.3 Å². The molecule has 4 rings (SSSR count). The quantitative estimate of drug-likeness (QED) is 0.400. The number of hydrogen-bond donors (Lipinski definition) is 2. The lowest BCUT2D eigenvalue weighted by Crippen LogP contribution is -2.27. The topological polar surface area (TPSA) is 98.0 Å². The molecule has 2 aromatic heterocycles. The van der Waals surface area contributed by atoms with Gasteiger partial charge in [0.25, 0.3) is 5.56 Å². The standard InChI is InChI=1S/C27H28FN5O3/c1-5-32-26-25(17(3)31-33(26)22-8-6-7-19(28)15-22)16(2)23(27(32)36)13-14-24(35)30-21-11-9-20(10-12-21)29-18(4)34/h6-12,15H,5,13-14H2,1-4H3,(H,29,34)(H,30,35). The van der Waals surface area contributed by atoms with Gasteiger partial charge in [-0.15, -0.1) is 0 Å². The minimum absolute atomic E-state index is 0.121. The molecule has 36 heavy (non-hydrogen) atoms. The number of carbonyl (C=O) groups excluding carboxylic acids is 2. The Kier molecular flexibility index (Phi) is 7.00. The summed E-state index contributed by atoms with van der Waals surface area (Å²) in [6.07, 6.45) is 0.386. The fraction of sp³-hybridized carbons (Fsp3) is 0.259. The molecule has 0 atom stereocenters. The number of carbonyl (C=O) groups is 2. The lowest BCUT2D eigenvalue weighted by molar-refractivity contribution is -0.116. The van der Waals surface area contributed by atoms with Crippen molar-refractivity contribution < 1.29 is 14.0 Å². The monoisotopic (exact) mass is 489 g/mol. The van der Waals surface area contributed by atoms with Gasteiger partial charge in [0.2, 0.25) is 11.8 Å². The summed E-state index contributed by atoms with van der Waals surface area (Å²) in [6.45, 7) is 7.42. The first kappa shape index (κ1) is 24.8. The smallest absolute Gasteiger partial charge is 0.255 e. The van der Waals surface area contributed by atoms with Gasteiger partial charge in [0.1, 0.15) is 11.5 Å². The summed E-state index contributed by atoms with van der Waals surface area (Å²) in [6, 6.07) is 12.9. The molecule has 0 aliphatic carbocycles. The van der Waals surface area contributed by atoms with Gasteiger partial charge in [-0.2, -0.15) is 5.10 Å². The summed E-state index contributed by atoms with van der Waals surface area (Å²) in [5, 5.41) is 10.9. The maximum Gasteiger partial charge on any atom is 0.255 e. The van der Waals surface area contributed by atoms with Crippen LogP contribution < -0.4 is 16.2 Å². The van der Waals surface area contributed by atoms with E-state index in [1.165, 1.54) is 19.1 Å². The molecular weight excluding hydrogens is 461 g/mol. The molecule has 0 saturated heterocycles. The largest absolute Gasteiger partial charge is 0.326 e. The second kappa shape index (κ2) is 10.2. The third kappa shape index (κ3) is 4.91. The Balaban J connectivity index is 1.62. The zero-order valence-corrected chi connectivity index (χ0v) is 20.7. The normalized spacial score (nSPS) is 11.0. The van der Waals surface area contributed by atoms with Gasteiger partial charge in [-0.25, -0.2) is 9.07 Å². The van der Waals surface area contributed by atoms with E-state index in [1.807, 2.05) is 20.8 Å². The van der Waals surface area contributed by atoms with Crippen molar-refractivity contribution in [3.63, 3.8) is 0 Å². The van der Waals surface area contributed by atoms with Crippen molar-refractivity contribution in [2.24, 2.45) is 0 Å². The lowest BCUT2D eigenvalue weighted by atomic mass is 10.0. The van der Waals surface area contributed by atoms with Gasteiger partial charge in [0.05, 0.1) is 11.4 Å². The molecule has 0 spiro atoms. The second-order valence-electron chi connectivity index (χ2n) is 8.64. The first-order valence-corrected chi connectivity index (χ1v) is 11.7. The highest BCUT2D eigenvalue weighted by atomic mass is 19.1. The number of amides is 2. The van der Waals surface area contributed by atoms with Crippen molar-refractivity contribution in [1.29, 1.82) is 0 Å². The van der Waals surface area contributed by atoms with E-state index in [1.54, 1.807) is 45.6 Å². The highest BCUT2D eigenvalue weighted by Crippen LogP contribution is 2.26. The maximum absolute atomic E-state index is 13.9. The summed E-state index contributed by atoms with van der Waals surface area (Å²) in [7, 11) is 0. The Morgan fingerprint density at radius 3 is 2.31 bits per heavy atom. The Bertz CT molecular complexity index is 1520. The molecule has 9 heteroatoms. The van der Waals surface area contributed by atoms with Crippen molar-refractivity contribution in [3.05, 3.63) is 81.5 Å². The van der Waals surface area contributed by atoms with Crippen LogP contribution in [0.25, 0.3) is 16.7 Å². The third-order valence-corrected chi connectivity index (χ3v) is 6.08. The number of nitrogens with one attached hydrogen (secondary N) is 2. The summed E-state index contributed by atoms with van der Waals surface area (Å²) < 4.78 is 17.1. The first-order chi connectivity index (χ1) is 17.2. The Hall–Kier alpha value is -4.27. The van der Waals surface area contributed by atoms with Crippen LogP contribution in [0, 0.1) is 19.7 Å². The fourth-order valence-electron chi connectivity index (χ4n) is 4.45. The summed E-state index contributed by atoms with van der Waals surface area (Å²) in [4.78, 5) is 37.3. The van der Waals surface area contributed by atoms with Crippen molar-refractivity contribution in [2.75, 3.05) is 10.6 Å². The Morgan fingerprint density at radius 2 is 1.69 bits per heavy atom. The molecule has 0 aliphatic rings. The number of hydrogen-bond acceptors (Lipinski definition) is 4. The number of anilines is 2. The van der Waals surface area contributed by atoms with Gasteiger partial charge in [0.15, 0.2) is 0 Å². The average Bonchev–Trinajstić information content (AvgIpc) is 3.17. The number of pyridine rings is 1. The van der Waals surface area contributed by atoms with E-state index in [2.05, 4.69) is 15.7 Å². The molecule has 2 amide bonds. The highest BCUT2D eigenvalue weighted by Gasteiger charge is 2.21. The van der Waals surface area contributed by atoms with Crippen molar-refractivity contribution in [2.45, 2.75) is 47.1 Å². The van der Waals surface area contributed by atoms with E-state index in [-0.39, 0.29) is 36.0 Å². The van der Waals surface area contributed by atoms with Gasteiger partial charge in [0, 0.05) is 42.2 Å². The lowest BCUT2D eigenvalue weighted by Gasteiger charge is -2.14. The molecule has 4 aromatic rings. The van der Waals surface area contributed by atoms with Crippen LogP contribution in [-0.4, -0.2) is 26.2 Å². The van der Waals surface area contributed by atoms with Crippen molar-refractivity contribution in [3.8, 4) is 5.69 Å². The van der Waals surface area contributed by atoms with Crippen LogP contribution in [0.3, 0.4) is 0 Å². The van der Waals surface area contributed by atoms with Crippen LogP contribution >= 0.6 is 0 Å². The number of benzene rings is 2. The summed E-state index contributed by atoms with van der Waals surface area (Å²) in [5.41, 5.74) is 4.24. The average molecular weight is 490 g/mol. The molecule has 186 valence electrons. The van der Waals surface area contributed by atoms with Gasteiger partial charge < -0.3 is 10.6 Å². The zero-order chi connectivity index (χ0) is 26.0. The fourth-order valence-corrected chi connectivity index (χ4v) is 4.45. The number of rotatable bonds is 7. The molecule has 0 fully saturated rings. The minimum atomic E-state index is -0.386. The van der Waals surface area contributed by atoms with Crippen LogP contribution in [0.2, 0.25) is 0 Å². The SMILES string of the molecule is CCn1c(=O)c(CCC(=O)Nc2ccc(NC(C)=O)cc2)c(C)c2c(C)nn(-c3cccc(F)c3)c21. The van der Waals surface area contributed by atoms with Gasteiger partial charge in [-0.3, -0.25) is 19.0 Å².